The molecule has 0 aliphatic rings. The average molecular weight is 441 g/mol. The summed E-state index contributed by atoms with van der Waals surface area (Å²) in [5.41, 5.74) is 2.61. The highest BCUT2D eigenvalue weighted by atomic mass is 35.5. The number of carbonyl (C=O) groups is 1. The molecule has 1 amide bonds. The second-order valence-electron chi connectivity index (χ2n) is 6.52. The van der Waals surface area contributed by atoms with E-state index in [4.69, 9.17) is 23.2 Å². The Labute approximate surface area is 182 Å². The fourth-order valence-electron chi connectivity index (χ4n) is 2.91. The van der Waals surface area contributed by atoms with Crippen molar-refractivity contribution in [2.24, 2.45) is 0 Å². The Morgan fingerprint density at radius 3 is 2.40 bits per heavy atom. The first kappa shape index (κ1) is 20.1. The zero-order valence-corrected chi connectivity index (χ0v) is 17.2. The highest BCUT2D eigenvalue weighted by Crippen LogP contribution is 2.27. The third-order valence-corrected chi connectivity index (χ3v) is 5.14. The Morgan fingerprint density at radius 2 is 1.70 bits per heavy atom. The van der Waals surface area contributed by atoms with Crippen LogP contribution in [0.25, 0.3) is 17.1 Å². The number of carbonyl (C=O) groups excluding carboxylic acids is 1. The Morgan fingerprint density at radius 1 is 1.00 bits per heavy atom. The van der Waals surface area contributed by atoms with Crippen LogP contribution >= 0.6 is 23.2 Å². The van der Waals surface area contributed by atoms with E-state index in [0.717, 1.165) is 5.56 Å². The van der Waals surface area contributed by atoms with Gasteiger partial charge in [0.05, 0.1) is 5.69 Å². The van der Waals surface area contributed by atoms with Crippen molar-refractivity contribution >= 4 is 34.8 Å². The van der Waals surface area contributed by atoms with Crippen molar-refractivity contribution in [2.75, 3.05) is 5.32 Å². The van der Waals surface area contributed by atoms with Crippen molar-refractivity contribution in [3.05, 3.63) is 94.0 Å². The molecular weight excluding hydrogens is 426 g/mol. The van der Waals surface area contributed by atoms with Crippen molar-refractivity contribution < 1.29 is 9.18 Å². The third kappa shape index (κ3) is 4.06. The standard InChI is InChI=1S/C22H15Cl2FN4O/c1-13-18(24)3-2-4-19(13)29-21(14-5-9-16(25)10-6-14)27-20(28-29)22(30)26-17-11-7-15(23)8-12-17/h2-12H,1H3,(H,26,30). The first-order chi connectivity index (χ1) is 14.4. The van der Waals surface area contributed by atoms with Gasteiger partial charge in [0.25, 0.3) is 5.91 Å². The summed E-state index contributed by atoms with van der Waals surface area (Å²) in [4.78, 5) is 17.2. The fraction of sp³-hybridized carbons (Fsp3) is 0.0455. The van der Waals surface area contributed by atoms with E-state index in [0.29, 0.717) is 32.8 Å². The molecule has 1 heterocycles. The second-order valence-corrected chi connectivity index (χ2v) is 7.37. The highest BCUT2D eigenvalue weighted by molar-refractivity contribution is 6.31. The van der Waals surface area contributed by atoms with Crippen molar-refractivity contribution in [3.63, 3.8) is 0 Å². The predicted molar refractivity (Wildman–Crippen MR) is 116 cm³/mol. The Balaban J connectivity index is 1.79. The summed E-state index contributed by atoms with van der Waals surface area (Å²) < 4.78 is 14.9. The zero-order valence-electron chi connectivity index (χ0n) is 15.7. The van der Waals surface area contributed by atoms with Gasteiger partial charge in [-0.25, -0.2) is 14.1 Å². The van der Waals surface area contributed by atoms with Gasteiger partial charge in [-0.15, -0.1) is 5.10 Å². The van der Waals surface area contributed by atoms with Crippen LogP contribution in [-0.2, 0) is 0 Å². The second kappa shape index (κ2) is 8.26. The Hall–Kier alpha value is -3.22. The van der Waals surface area contributed by atoms with Crippen LogP contribution < -0.4 is 5.32 Å². The minimum absolute atomic E-state index is 0.0383. The minimum atomic E-state index is -0.487. The summed E-state index contributed by atoms with van der Waals surface area (Å²) in [6.45, 7) is 1.85. The molecule has 3 aromatic carbocycles. The van der Waals surface area contributed by atoms with Crippen LogP contribution in [0, 0.1) is 12.7 Å². The molecule has 0 saturated heterocycles. The normalized spacial score (nSPS) is 10.8. The monoisotopic (exact) mass is 440 g/mol. The molecule has 0 radical (unpaired) electrons. The maximum atomic E-state index is 13.4. The van der Waals surface area contributed by atoms with Crippen molar-refractivity contribution in [1.82, 2.24) is 14.8 Å². The molecule has 30 heavy (non-hydrogen) atoms. The first-order valence-corrected chi connectivity index (χ1v) is 9.73. The number of nitrogens with one attached hydrogen (secondary N) is 1. The van der Waals surface area contributed by atoms with E-state index < -0.39 is 5.91 Å². The lowest BCUT2D eigenvalue weighted by Crippen LogP contribution is -2.14. The predicted octanol–water partition coefficient (Wildman–Crippen LogP) is 5.94. The number of halogens is 3. The molecule has 150 valence electrons. The van der Waals surface area contributed by atoms with Gasteiger partial charge < -0.3 is 5.32 Å². The molecule has 1 aromatic heterocycles. The van der Waals surface area contributed by atoms with E-state index in [2.05, 4.69) is 15.4 Å². The van der Waals surface area contributed by atoms with Gasteiger partial charge in [0.1, 0.15) is 5.82 Å². The molecule has 4 aromatic rings. The third-order valence-electron chi connectivity index (χ3n) is 4.48. The van der Waals surface area contributed by atoms with Gasteiger partial charge >= 0.3 is 0 Å². The number of hydrogen-bond donors (Lipinski definition) is 1. The Bertz CT molecular complexity index is 1220. The van der Waals surface area contributed by atoms with Crippen LogP contribution in [-0.4, -0.2) is 20.7 Å². The van der Waals surface area contributed by atoms with Gasteiger partial charge in [0.2, 0.25) is 5.82 Å². The van der Waals surface area contributed by atoms with Crippen molar-refractivity contribution in [2.45, 2.75) is 6.92 Å². The number of amides is 1. The van der Waals surface area contributed by atoms with Gasteiger partial charge in [-0.1, -0.05) is 29.3 Å². The zero-order chi connectivity index (χ0) is 21.3. The lowest BCUT2D eigenvalue weighted by atomic mass is 10.1. The van der Waals surface area contributed by atoms with Gasteiger partial charge in [0.15, 0.2) is 5.82 Å². The molecule has 5 nitrogen and oxygen atoms in total. The summed E-state index contributed by atoms with van der Waals surface area (Å²) >= 11 is 12.2. The summed E-state index contributed by atoms with van der Waals surface area (Å²) in [6.07, 6.45) is 0. The molecule has 0 unspecified atom stereocenters. The summed E-state index contributed by atoms with van der Waals surface area (Å²) in [7, 11) is 0. The van der Waals surface area contributed by atoms with Crippen LogP contribution in [0.1, 0.15) is 16.2 Å². The van der Waals surface area contributed by atoms with E-state index >= 15 is 0 Å². The van der Waals surface area contributed by atoms with Crippen molar-refractivity contribution in [1.29, 1.82) is 0 Å². The molecule has 0 fully saturated rings. The van der Waals surface area contributed by atoms with Gasteiger partial charge in [-0.05, 0) is 73.2 Å². The number of benzene rings is 3. The molecule has 0 atom stereocenters. The number of anilines is 1. The van der Waals surface area contributed by atoms with Gasteiger partial charge in [0, 0.05) is 21.3 Å². The van der Waals surface area contributed by atoms with Crippen LogP contribution in [0.15, 0.2) is 66.7 Å². The quantitative estimate of drug-likeness (QED) is 0.426. The maximum absolute atomic E-state index is 13.4. The topological polar surface area (TPSA) is 59.8 Å². The highest BCUT2D eigenvalue weighted by Gasteiger charge is 2.20. The van der Waals surface area contributed by atoms with Crippen LogP contribution in [0.2, 0.25) is 10.0 Å². The fourth-order valence-corrected chi connectivity index (χ4v) is 3.20. The molecular formula is C22H15Cl2FN4O. The van der Waals surface area contributed by atoms with Crippen LogP contribution in [0.5, 0.6) is 0 Å². The molecule has 8 heteroatoms. The molecule has 0 aliphatic carbocycles. The molecule has 0 bridgehead atoms. The maximum Gasteiger partial charge on any atom is 0.295 e. The number of rotatable bonds is 4. The van der Waals surface area contributed by atoms with E-state index in [1.54, 1.807) is 48.5 Å². The van der Waals surface area contributed by atoms with Crippen LogP contribution in [0.3, 0.4) is 0 Å². The summed E-state index contributed by atoms with van der Waals surface area (Å²) in [6, 6.07) is 17.9. The lowest BCUT2D eigenvalue weighted by molar-refractivity contribution is 0.101. The van der Waals surface area contributed by atoms with Crippen LogP contribution in [0.4, 0.5) is 10.1 Å². The average Bonchev–Trinajstić information content (AvgIpc) is 3.17. The van der Waals surface area contributed by atoms with Gasteiger partial charge in [-0.3, -0.25) is 4.79 Å². The number of aromatic nitrogens is 3. The molecule has 4 rings (SSSR count). The van der Waals surface area contributed by atoms with Crippen molar-refractivity contribution in [3.8, 4) is 17.1 Å². The van der Waals surface area contributed by atoms with E-state index in [1.165, 1.54) is 16.8 Å². The van der Waals surface area contributed by atoms with E-state index in [-0.39, 0.29) is 11.6 Å². The van der Waals surface area contributed by atoms with E-state index in [9.17, 15) is 9.18 Å². The molecule has 1 N–H and O–H groups in total. The lowest BCUT2D eigenvalue weighted by Gasteiger charge is -2.10. The minimum Gasteiger partial charge on any atom is -0.319 e. The summed E-state index contributed by atoms with van der Waals surface area (Å²) in [5.74, 6) is -0.506. The molecule has 0 saturated carbocycles. The Kier molecular flexibility index (Phi) is 5.53. The largest absolute Gasteiger partial charge is 0.319 e. The number of nitrogens with zero attached hydrogens (tertiary/aromatic N) is 3. The number of hydrogen-bond acceptors (Lipinski definition) is 3. The van der Waals surface area contributed by atoms with E-state index in [1.807, 2.05) is 13.0 Å². The summed E-state index contributed by atoms with van der Waals surface area (Å²) in [5, 5.41) is 8.27. The van der Waals surface area contributed by atoms with Gasteiger partial charge in [-0.2, -0.15) is 0 Å². The SMILES string of the molecule is Cc1c(Cl)cccc1-n1nc(C(=O)Nc2ccc(Cl)cc2)nc1-c1ccc(F)cc1. The first-order valence-electron chi connectivity index (χ1n) is 8.98. The smallest absolute Gasteiger partial charge is 0.295 e. The molecule has 0 spiro atoms. The molecule has 0 aliphatic heterocycles.